The summed E-state index contributed by atoms with van der Waals surface area (Å²) >= 11 is 0. The molecule has 1 aliphatic rings. The Balaban J connectivity index is 3.53. The molecule has 102 valence electrons. The van der Waals surface area contributed by atoms with Gasteiger partial charge < -0.3 is 4.90 Å². The van der Waals surface area contributed by atoms with Crippen molar-refractivity contribution < 1.29 is 9.59 Å². The summed E-state index contributed by atoms with van der Waals surface area (Å²) in [6, 6.07) is 0. The molecule has 0 radical (unpaired) electrons. The van der Waals surface area contributed by atoms with Crippen molar-refractivity contribution in [2.45, 2.75) is 48.0 Å². The number of nitrogens with zero attached hydrogens (tertiary/aromatic N) is 1. The number of amides is 1. The third kappa shape index (κ3) is 2.65. The molecule has 18 heavy (non-hydrogen) atoms. The maximum absolute atomic E-state index is 12.5. The zero-order chi connectivity index (χ0) is 14.2. The van der Waals surface area contributed by atoms with Crippen molar-refractivity contribution in [1.82, 2.24) is 4.90 Å². The van der Waals surface area contributed by atoms with Crippen LogP contribution in [0.3, 0.4) is 0 Å². The van der Waals surface area contributed by atoms with Crippen molar-refractivity contribution in [3.05, 3.63) is 11.3 Å². The first-order chi connectivity index (χ1) is 8.07. The van der Waals surface area contributed by atoms with E-state index in [9.17, 15) is 9.59 Å². The number of carbonyl (C=O) groups excluding carboxylic acids is 2. The molecule has 0 aromatic carbocycles. The largest absolute Gasteiger partial charge is 0.318 e. The summed E-state index contributed by atoms with van der Waals surface area (Å²) in [6.45, 7) is 12.1. The van der Waals surface area contributed by atoms with Crippen LogP contribution >= 0.6 is 0 Å². The Hall–Kier alpha value is -1.12. The highest BCUT2D eigenvalue weighted by Gasteiger charge is 2.37. The first-order valence-electron chi connectivity index (χ1n) is 6.62. The first kappa shape index (κ1) is 14.9. The molecule has 0 spiro atoms. The van der Waals surface area contributed by atoms with E-state index in [0.29, 0.717) is 6.42 Å². The quantitative estimate of drug-likeness (QED) is 0.718. The second-order valence-corrected chi connectivity index (χ2v) is 6.59. The van der Waals surface area contributed by atoms with Crippen molar-refractivity contribution >= 4 is 11.7 Å². The average molecular weight is 251 g/mol. The molecule has 1 atom stereocenters. The van der Waals surface area contributed by atoms with Crippen LogP contribution in [-0.2, 0) is 9.59 Å². The minimum Gasteiger partial charge on any atom is -0.318 e. The van der Waals surface area contributed by atoms with E-state index in [1.807, 2.05) is 20.8 Å². The number of hydrogen-bond donors (Lipinski definition) is 0. The van der Waals surface area contributed by atoms with Crippen molar-refractivity contribution in [2.75, 3.05) is 7.05 Å². The highest BCUT2D eigenvalue weighted by atomic mass is 16.2. The van der Waals surface area contributed by atoms with E-state index < -0.39 is 0 Å². The van der Waals surface area contributed by atoms with Gasteiger partial charge in [-0.25, -0.2) is 0 Å². The van der Waals surface area contributed by atoms with Crippen LogP contribution in [-0.4, -0.2) is 23.6 Å². The summed E-state index contributed by atoms with van der Waals surface area (Å²) < 4.78 is 0. The third-order valence-electron chi connectivity index (χ3n) is 3.45. The molecule has 0 aliphatic carbocycles. The monoisotopic (exact) mass is 251 g/mol. The van der Waals surface area contributed by atoms with Crippen molar-refractivity contribution in [2.24, 2.45) is 17.3 Å². The van der Waals surface area contributed by atoms with Crippen LogP contribution in [0, 0.1) is 17.3 Å². The van der Waals surface area contributed by atoms with E-state index in [1.54, 1.807) is 11.9 Å². The number of rotatable bonds is 1. The Labute approximate surface area is 110 Å². The van der Waals surface area contributed by atoms with Gasteiger partial charge in [-0.2, -0.15) is 0 Å². The Morgan fingerprint density at radius 3 is 2.11 bits per heavy atom. The summed E-state index contributed by atoms with van der Waals surface area (Å²) in [5.41, 5.74) is 1.50. The topological polar surface area (TPSA) is 37.4 Å². The van der Waals surface area contributed by atoms with Gasteiger partial charge in [-0.05, 0) is 5.92 Å². The molecule has 1 unspecified atom stereocenters. The zero-order valence-corrected chi connectivity index (χ0v) is 12.6. The molecule has 0 fully saturated rings. The molecule has 1 aliphatic heterocycles. The molecular weight excluding hydrogens is 226 g/mol. The van der Waals surface area contributed by atoms with E-state index in [0.717, 1.165) is 11.3 Å². The minimum absolute atomic E-state index is 0.0384. The lowest BCUT2D eigenvalue weighted by Crippen LogP contribution is -2.33. The SMILES string of the molecule is CC(C)C1=C(C(C)(C)C)N(C)C(=O)CC(C)C1=O. The average Bonchev–Trinajstić information content (AvgIpc) is 2.27. The molecule has 1 rings (SSSR count). The van der Waals surface area contributed by atoms with Crippen molar-refractivity contribution in [3.63, 3.8) is 0 Å². The van der Waals surface area contributed by atoms with Gasteiger partial charge in [-0.15, -0.1) is 0 Å². The molecule has 0 saturated heterocycles. The molecule has 0 saturated carbocycles. The molecule has 0 bridgehead atoms. The summed E-state index contributed by atoms with van der Waals surface area (Å²) in [5.74, 6) is 0.101. The molecular formula is C15H25NO2. The van der Waals surface area contributed by atoms with Crippen LogP contribution in [0.25, 0.3) is 0 Å². The smallest absolute Gasteiger partial charge is 0.227 e. The van der Waals surface area contributed by atoms with Gasteiger partial charge in [0.2, 0.25) is 5.91 Å². The lowest BCUT2D eigenvalue weighted by Gasteiger charge is -2.33. The number of hydrogen-bond acceptors (Lipinski definition) is 2. The van der Waals surface area contributed by atoms with Gasteiger partial charge in [-0.3, -0.25) is 9.59 Å². The van der Waals surface area contributed by atoms with E-state index in [-0.39, 0.29) is 28.9 Å². The number of allylic oxidation sites excluding steroid dienone is 2. The first-order valence-corrected chi connectivity index (χ1v) is 6.62. The van der Waals surface area contributed by atoms with E-state index in [4.69, 9.17) is 0 Å². The normalized spacial score (nSPS) is 22.9. The standard InChI is InChI=1S/C15H25NO2/c1-9(2)12-13(18)10(3)8-11(17)16(7)14(12)15(4,5)6/h9-10H,8H2,1-7H3. The number of ketones is 1. The molecule has 0 aromatic rings. The fraction of sp³-hybridized carbons (Fsp3) is 0.733. The molecule has 3 nitrogen and oxygen atoms in total. The summed E-state index contributed by atoms with van der Waals surface area (Å²) in [6.07, 6.45) is 0.311. The lowest BCUT2D eigenvalue weighted by molar-refractivity contribution is -0.131. The van der Waals surface area contributed by atoms with E-state index >= 15 is 0 Å². The number of carbonyl (C=O) groups is 2. The van der Waals surface area contributed by atoms with Gasteiger partial charge in [-0.1, -0.05) is 41.5 Å². The predicted molar refractivity (Wildman–Crippen MR) is 72.9 cm³/mol. The van der Waals surface area contributed by atoms with Gasteiger partial charge >= 0.3 is 0 Å². The van der Waals surface area contributed by atoms with Gasteiger partial charge in [0.1, 0.15) is 0 Å². The maximum atomic E-state index is 12.5. The molecule has 0 aromatic heterocycles. The van der Waals surface area contributed by atoms with E-state index in [2.05, 4.69) is 20.8 Å². The molecule has 1 heterocycles. The maximum Gasteiger partial charge on any atom is 0.227 e. The highest BCUT2D eigenvalue weighted by molar-refractivity contribution is 6.02. The van der Waals surface area contributed by atoms with Crippen LogP contribution < -0.4 is 0 Å². The van der Waals surface area contributed by atoms with Crippen LogP contribution in [0.2, 0.25) is 0 Å². The van der Waals surface area contributed by atoms with Crippen molar-refractivity contribution in [1.29, 1.82) is 0 Å². The summed E-state index contributed by atoms with van der Waals surface area (Å²) in [5, 5.41) is 0. The molecule has 1 amide bonds. The second kappa shape index (κ2) is 4.87. The van der Waals surface area contributed by atoms with Crippen LogP contribution in [0.1, 0.15) is 48.0 Å². The zero-order valence-electron chi connectivity index (χ0n) is 12.6. The van der Waals surface area contributed by atoms with Gasteiger partial charge in [0.15, 0.2) is 5.78 Å². The summed E-state index contributed by atoms with van der Waals surface area (Å²) in [7, 11) is 1.79. The van der Waals surface area contributed by atoms with Gasteiger partial charge in [0.25, 0.3) is 0 Å². The van der Waals surface area contributed by atoms with Crippen LogP contribution in [0.15, 0.2) is 11.3 Å². The Morgan fingerprint density at radius 2 is 1.72 bits per heavy atom. The van der Waals surface area contributed by atoms with E-state index in [1.165, 1.54) is 0 Å². The second-order valence-electron chi connectivity index (χ2n) is 6.59. The lowest BCUT2D eigenvalue weighted by atomic mass is 9.81. The third-order valence-corrected chi connectivity index (χ3v) is 3.45. The van der Waals surface area contributed by atoms with Crippen LogP contribution in [0.4, 0.5) is 0 Å². The highest BCUT2D eigenvalue weighted by Crippen LogP contribution is 2.37. The van der Waals surface area contributed by atoms with Gasteiger partial charge in [0.05, 0.1) is 0 Å². The fourth-order valence-corrected chi connectivity index (χ4v) is 2.64. The predicted octanol–water partition coefficient (Wildman–Crippen LogP) is 3.01. The Kier molecular flexibility index (Phi) is 4.04. The van der Waals surface area contributed by atoms with Gasteiger partial charge in [0, 0.05) is 36.1 Å². The number of Topliss-reactive ketones (excluding diaryl/α,β-unsaturated/α-hetero) is 1. The van der Waals surface area contributed by atoms with Crippen LogP contribution in [0.5, 0.6) is 0 Å². The fourth-order valence-electron chi connectivity index (χ4n) is 2.64. The Morgan fingerprint density at radius 1 is 1.22 bits per heavy atom. The minimum atomic E-state index is -0.211. The molecule has 0 N–H and O–H groups in total. The summed E-state index contributed by atoms with van der Waals surface area (Å²) in [4.78, 5) is 26.3. The Bertz CT molecular complexity index is 399. The molecule has 3 heteroatoms. The van der Waals surface area contributed by atoms with Crippen molar-refractivity contribution in [3.8, 4) is 0 Å².